The van der Waals surface area contributed by atoms with Gasteiger partial charge in [-0.25, -0.2) is 9.89 Å². The fraction of sp³-hybridized carbons (Fsp3) is 0.565. The van der Waals surface area contributed by atoms with E-state index in [0.29, 0.717) is 5.56 Å². The summed E-state index contributed by atoms with van der Waals surface area (Å²) >= 11 is 0. The van der Waals surface area contributed by atoms with E-state index in [-0.39, 0.29) is 43.9 Å². The van der Waals surface area contributed by atoms with Crippen LogP contribution in [0.25, 0.3) is 11.7 Å². The van der Waals surface area contributed by atoms with Crippen molar-refractivity contribution in [1.29, 1.82) is 0 Å². The number of hydrogen-bond donors (Lipinski definition) is 3. The van der Waals surface area contributed by atoms with Crippen LogP contribution in [0.15, 0.2) is 17.1 Å². The Morgan fingerprint density at radius 2 is 2.08 bits per heavy atom. The smallest absolute Gasteiger partial charge is 0.391 e. The third kappa shape index (κ3) is 5.55. The van der Waals surface area contributed by atoms with E-state index in [4.69, 9.17) is 4.74 Å². The zero-order chi connectivity index (χ0) is 26.2. The first-order chi connectivity index (χ1) is 17.0. The second-order valence-corrected chi connectivity index (χ2v) is 9.56. The second kappa shape index (κ2) is 9.96. The molecule has 2 aromatic rings. The summed E-state index contributed by atoms with van der Waals surface area (Å²) in [4.78, 5) is 39.7. The van der Waals surface area contributed by atoms with Crippen molar-refractivity contribution in [1.82, 2.24) is 19.8 Å². The Morgan fingerprint density at radius 3 is 2.72 bits per heavy atom. The normalized spacial score (nSPS) is 18.9. The monoisotopic (exact) mass is 512 g/mol. The van der Waals surface area contributed by atoms with Crippen molar-refractivity contribution in [2.24, 2.45) is 5.92 Å². The Morgan fingerprint density at radius 1 is 1.36 bits per heavy atom. The fourth-order valence-corrected chi connectivity index (χ4v) is 4.25. The van der Waals surface area contributed by atoms with E-state index in [2.05, 4.69) is 10.4 Å². The van der Waals surface area contributed by atoms with E-state index >= 15 is 0 Å². The zero-order valence-electron chi connectivity index (χ0n) is 20.0. The molecular formula is C23H29F3N5O5+. The topological polar surface area (TPSA) is 120 Å². The highest BCUT2D eigenvalue weighted by molar-refractivity contribution is 5.96. The first-order valence-electron chi connectivity index (χ1n) is 11.8. The van der Waals surface area contributed by atoms with Gasteiger partial charge < -0.3 is 20.1 Å². The minimum Gasteiger partial charge on any atom is -0.477 e. The number of carbonyl (C=O) groups is 2. The predicted molar refractivity (Wildman–Crippen MR) is 121 cm³/mol. The summed E-state index contributed by atoms with van der Waals surface area (Å²) in [6.45, 7) is 3.97. The van der Waals surface area contributed by atoms with E-state index in [1.54, 1.807) is 0 Å². The molecule has 2 amide bonds. The van der Waals surface area contributed by atoms with E-state index in [0.717, 1.165) is 28.3 Å². The molecule has 1 saturated carbocycles. The fourth-order valence-electron chi connectivity index (χ4n) is 4.25. The Kier molecular flexibility index (Phi) is 7.12. The number of amides is 2. The summed E-state index contributed by atoms with van der Waals surface area (Å²) in [6, 6.07) is -1.16. The van der Waals surface area contributed by atoms with E-state index in [1.165, 1.54) is 16.8 Å². The number of halogens is 3. The molecule has 13 heteroatoms. The number of aromatic amines is 1. The minimum atomic E-state index is -4.45. The molecule has 0 radical (unpaired) electrons. The molecule has 3 N–H and O–H groups in total. The van der Waals surface area contributed by atoms with Gasteiger partial charge in [0.1, 0.15) is 0 Å². The number of carbonyl (C=O) groups excluding carboxylic acids is 2. The number of nitrogens with one attached hydrogen (secondary N) is 2. The molecule has 1 aliphatic carbocycles. The lowest BCUT2D eigenvalue weighted by atomic mass is 10.1. The van der Waals surface area contributed by atoms with Crippen LogP contribution < -0.4 is 15.4 Å². The van der Waals surface area contributed by atoms with E-state index in [1.807, 2.05) is 13.8 Å². The summed E-state index contributed by atoms with van der Waals surface area (Å²) in [5, 5.41) is 16.4. The molecule has 196 valence electrons. The third-order valence-electron chi connectivity index (χ3n) is 6.04. The molecule has 1 aliphatic heterocycles. The summed E-state index contributed by atoms with van der Waals surface area (Å²) in [5.41, 5.74) is -0.597. The van der Waals surface area contributed by atoms with Gasteiger partial charge in [0.2, 0.25) is 11.5 Å². The van der Waals surface area contributed by atoms with E-state index in [9.17, 15) is 32.7 Å². The maximum atomic E-state index is 13.1. The van der Waals surface area contributed by atoms with Gasteiger partial charge in [-0.1, -0.05) is 18.4 Å². The van der Waals surface area contributed by atoms with Gasteiger partial charge in [0.25, 0.3) is 5.91 Å². The van der Waals surface area contributed by atoms with Gasteiger partial charge in [-0.05, 0) is 24.8 Å². The molecule has 0 spiro atoms. The number of aromatic hydroxyl groups is 1. The lowest BCUT2D eigenvalue weighted by Crippen LogP contribution is -2.49. The number of ether oxygens (including phenoxy) is 1. The predicted octanol–water partition coefficient (Wildman–Crippen LogP) is 1.36. The summed E-state index contributed by atoms with van der Waals surface area (Å²) in [6.07, 6.45) is -0.0916. The highest BCUT2D eigenvalue weighted by Crippen LogP contribution is 2.26. The summed E-state index contributed by atoms with van der Waals surface area (Å²) in [7, 11) is 0. The van der Waals surface area contributed by atoms with Crippen LogP contribution in [-0.4, -0.2) is 69.5 Å². The number of alkyl halides is 3. The maximum absolute atomic E-state index is 13.1. The Bertz CT molecular complexity index is 1250. The van der Waals surface area contributed by atoms with Gasteiger partial charge in [0.15, 0.2) is 0 Å². The van der Waals surface area contributed by atoms with Crippen molar-refractivity contribution in [3.8, 4) is 5.88 Å². The first-order valence-corrected chi connectivity index (χ1v) is 11.8. The van der Waals surface area contributed by atoms with Crippen LogP contribution in [0.5, 0.6) is 5.88 Å². The van der Waals surface area contributed by atoms with Crippen molar-refractivity contribution < 1.29 is 37.2 Å². The molecule has 10 nitrogen and oxygen atoms in total. The van der Waals surface area contributed by atoms with Gasteiger partial charge in [-0.3, -0.25) is 9.59 Å². The number of H-pyrrole nitrogens is 1. The second-order valence-electron chi connectivity index (χ2n) is 9.56. The SMILES string of the molecule is CC(C)C[n+]1c(O)c(C(=O)NC2CC2)c(=O)n2[nH]cc(/C=C/C(=O)N3CCOC[C@H]3CC(F)(F)F)c21. The number of rotatable bonds is 7. The molecule has 2 fully saturated rings. The van der Waals surface area contributed by atoms with Crippen LogP contribution in [0.2, 0.25) is 0 Å². The van der Waals surface area contributed by atoms with Crippen LogP contribution in [0.4, 0.5) is 13.2 Å². The van der Waals surface area contributed by atoms with Crippen LogP contribution in [-0.2, 0) is 16.1 Å². The van der Waals surface area contributed by atoms with Gasteiger partial charge in [0.05, 0.1) is 44.0 Å². The van der Waals surface area contributed by atoms with Gasteiger partial charge >= 0.3 is 23.3 Å². The largest absolute Gasteiger partial charge is 0.477 e. The molecule has 1 saturated heterocycles. The molecule has 3 heterocycles. The number of hydrogen-bond acceptors (Lipinski definition) is 5. The summed E-state index contributed by atoms with van der Waals surface area (Å²) in [5.74, 6) is -1.77. The lowest BCUT2D eigenvalue weighted by Gasteiger charge is -2.35. The van der Waals surface area contributed by atoms with Crippen LogP contribution >= 0.6 is 0 Å². The molecule has 2 aromatic heterocycles. The van der Waals surface area contributed by atoms with Gasteiger partial charge in [-0.15, -0.1) is 0 Å². The maximum Gasteiger partial charge on any atom is 0.391 e. The van der Waals surface area contributed by atoms with Gasteiger partial charge in [0, 0.05) is 18.7 Å². The van der Waals surface area contributed by atoms with Gasteiger partial charge in [-0.2, -0.15) is 17.7 Å². The molecule has 4 rings (SSSR count). The number of aromatic nitrogens is 3. The molecule has 0 aromatic carbocycles. The third-order valence-corrected chi connectivity index (χ3v) is 6.04. The first kappa shape index (κ1) is 25.7. The molecule has 0 unspecified atom stereocenters. The Hall–Kier alpha value is -3.35. The molecular weight excluding hydrogens is 483 g/mol. The molecule has 2 aliphatic rings. The van der Waals surface area contributed by atoms with Crippen molar-refractivity contribution in [3.63, 3.8) is 0 Å². The minimum absolute atomic E-state index is 0.0187. The van der Waals surface area contributed by atoms with Crippen molar-refractivity contribution in [3.05, 3.63) is 33.8 Å². The van der Waals surface area contributed by atoms with Crippen LogP contribution in [0.1, 0.15) is 49.0 Å². The van der Waals surface area contributed by atoms with Crippen molar-refractivity contribution >= 4 is 23.5 Å². The molecule has 1 atom stereocenters. The Balaban J connectivity index is 1.69. The van der Waals surface area contributed by atoms with Crippen LogP contribution in [0.3, 0.4) is 0 Å². The van der Waals surface area contributed by atoms with Crippen LogP contribution in [0, 0.1) is 5.92 Å². The zero-order valence-corrected chi connectivity index (χ0v) is 20.0. The Labute approximate surface area is 204 Å². The quantitative estimate of drug-likeness (QED) is 0.382. The standard InChI is InChI=1S/C23H28F3N5O5/c1-13(2)11-30-20-14(3-6-17(32)29-7-8-36-12-16(29)9-23(24,25)26)10-27-31(20)22(35)18(21(30)34)19(33)28-15-4-5-15/h3,6,10,13,15-16H,4-5,7-9,11-12H2,1-2H3,(H2,28,33,34,35)/p+1/b6-3+/t16-/m1/s1. The highest BCUT2D eigenvalue weighted by atomic mass is 19.4. The lowest BCUT2D eigenvalue weighted by molar-refractivity contribution is -0.686. The molecule has 36 heavy (non-hydrogen) atoms. The number of morpholine rings is 1. The number of nitrogens with zero attached hydrogens (tertiary/aromatic N) is 3. The highest BCUT2D eigenvalue weighted by Gasteiger charge is 2.38. The number of fused-ring (bicyclic) bond motifs is 1. The average molecular weight is 513 g/mol. The van der Waals surface area contributed by atoms with E-state index < -0.39 is 47.5 Å². The average Bonchev–Trinajstić information content (AvgIpc) is 3.49. The van der Waals surface area contributed by atoms with Crippen molar-refractivity contribution in [2.45, 2.75) is 57.9 Å². The van der Waals surface area contributed by atoms with Crippen molar-refractivity contribution in [2.75, 3.05) is 19.8 Å². The summed E-state index contributed by atoms with van der Waals surface area (Å²) < 4.78 is 46.5. The molecule has 0 bridgehead atoms.